The smallest absolute Gasteiger partial charge is 0.150 e. The molecule has 1 aliphatic rings. The van der Waals surface area contributed by atoms with Gasteiger partial charge >= 0.3 is 0 Å². The van der Waals surface area contributed by atoms with Crippen LogP contribution in [0.3, 0.4) is 0 Å². The first-order valence-corrected chi connectivity index (χ1v) is 7.35. The van der Waals surface area contributed by atoms with Gasteiger partial charge in [-0.2, -0.15) is 5.26 Å². The summed E-state index contributed by atoms with van der Waals surface area (Å²) in [5.41, 5.74) is 1.87. The average molecular weight is 267 g/mol. The zero-order chi connectivity index (χ0) is 13.3. The third-order valence-corrected chi connectivity index (χ3v) is 4.23. The van der Waals surface area contributed by atoms with Crippen molar-refractivity contribution in [3.8, 4) is 6.07 Å². The maximum atomic E-state index is 9.67. The summed E-state index contributed by atoms with van der Waals surface area (Å²) in [5.74, 6) is 0.651. The number of nitrogens with zero attached hydrogens (tertiary/aromatic N) is 3. The van der Waals surface area contributed by atoms with Crippen molar-refractivity contribution in [3.05, 3.63) is 53.5 Å². The summed E-state index contributed by atoms with van der Waals surface area (Å²) >= 11 is 1.57. The molecular formula is C15H13N3S. The van der Waals surface area contributed by atoms with Gasteiger partial charge in [-0.1, -0.05) is 24.3 Å². The fourth-order valence-corrected chi connectivity index (χ4v) is 2.96. The lowest BCUT2D eigenvalue weighted by molar-refractivity contribution is 0.539. The Balaban J connectivity index is 2.05. The minimum atomic E-state index is -0.602. The highest BCUT2D eigenvalue weighted by molar-refractivity contribution is 7.98. The molecule has 0 radical (unpaired) electrons. The molecule has 0 fully saturated rings. The molecule has 0 unspecified atom stereocenters. The molecular weight excluding hydrogens is 254 g/mol. The number of fused-ring (bicyclic) bond motifs is 1. The minimum Gasteiger partial charge on any atom is -0.240 e. The van der Waals surface area contributed by atoms with E-state index in [4.69, 9.17) is 0 Å². The van der Waals surface area contributed by atoms with Gasteiger partial charge in [0.25, 0.3) is 0 Å². The average Bonchev–Trinajstić information content (AvgIpc) is 2.87. The van der Waals surface area contributed by atoms with Gasteiger partial charge in [0, 0.05) is 6.20 Å². The molecule has 0 atom stereocenters. The van der Waals surface area contributed by atoms with Crippen LogP contribution in [0.4, 0.5) is 0 Å². The van der Waals surface area contributed by atoms with Gasteiger partial charge in [-0.3, -0.25) is 0 Å². The van der Waals surface area contributed by atoms with E-state index in [1.165, 1.54) is 11.1 Å². The normalized spacial score (nSPS) is 15.8. The predicted octanol–water partition coefficient (Wildman–Crippen LogP) is 2.76. The molecule has 0 spiro atoms. The van der Waals surface area contributed by atoms with E-state index in [1.807, 2.05) is 24.5 Å². The molecule has 0 saturated heterocycles. The van der Waals surface area contributed by atoms with E-state index in [9.17, 15) is 5.26 Å². The van der Waals surface area contributed by atoms with Crippen LogP contribution in [0.5, 0.6) is 0 Å². The Morgan fingerprint density at radius 1 is 1.21 bits per heavy atom. The molecule has 1 aromatic heterocycles. The van der Waals surface area contributed by atoms with Crippen molar-refractivity contribution in [1.29, 1.82) is 5.26 Å². The van der Waals surface area contributed by atoms with E-state index in [0.717, 1.165) is 5.03 Å². The van der Waals surface area contributed by atoms with E-state index in [-0.39, 0.29) is 0 Å². The number of benzene rings is 1. The van der Waals surface area contributed by atoms with E-state index in [0.29, 0.717) is 18.7 Å². The molecule has 1 heterocycles. The first kappa shape index (κ1) is 12.2. The Kier molecular flexibility index (Phi) is 3.00. The summed E-state index contributed by atoms with van der Waals surface area (Å²) in [6.07, 6.45) is 5.14. The quantitative estimate of drug-likeness (QED) is 0.620. The van der Waals surface area contributed by atoms with Crippen molar-refractivity contribution in [2.45, 2.75) is 23.3 Å². The lowest BCUT2D eigenvalue weighted by atomic mass is 9.85. The van der Waals surface area contributed by atoms with Crippen molar-refractivity contribution in [2.75, 3.05) is 6.26 Å². The first-order valence-electron chi connectivity index (χ1n) is 6.13. The molecule has 4 heteroatoms. The van der Waals surface area contributed by atoms with Gasteiger partial charge in [0.1, 0.15) is 11.2 Å². The largest absolute Gasteiger partial charge is 0.240 e. The molecule has 0 bridgehead atoms. The van der Waals surface area contributed by atoms with Crippen LogP contribution in [0.1, 0.15) is 17.0 Å². The van der Waals surface area contributed by atoms with E-state index in [1.54, 1.807) is 18.0 Å². The summed E-state index contributed by atoms with van der Waals surface area (Å²) in [5, 5.41) is 10.6. The van der Waals surface area contributed by atoms with Gasteiger partial charge in [-0.05, 0) is 36.3 Å². The highest BCUT2D eigenvalue weighted by atomic mass is 32.2. The van der Waals surface area contributed by atoms with Crippen molar-refractivity contribution in [3.63, 3.8) is 0 Å². The molecule has 19 heavy (non-hydrogen) atoms. The van der Waals surface area contributed by atoms with E-state index < -0.39 is 5.41 Å². The van der Waals surface area contributed by atoms with Gasteiger partial charge in [0.05, 0.1) is 11.1 Å². The Hall–Kier alpha value is -1.86. The van der Waals surface area contributed by atoms with Crippen LogP contribution >= 0.6 is 11.8 Å². The second-order valence-electron chi connectivity index (χ2n) is 4.74. The highest BCUT2D eigenvalue weighted by Crippen LogP contribution is 2.38. The number of nitriles is 1. The fourth-order valence-electron chi connectivity index (χ4n) is 2.59. The number of hydrogen-bond acceptors (Lipinski definition) is 4. The van der Waals surface area contributed by atoms with Crippen LogP contribution in [0, 0.1) is 11.3 Å². The molecule has 3 rings (SSSR count). The zero-order valence-electron chi connectivity index (χ0n) is 10.6. The fraction of sp³-hybridized carbons (Fsp3) is 0.267. The number of rotatable bonds is 2. The molecule has 1 aromatic carbocycles. The maximum absolute atomic E-state index is 9.67. The topological polar surface area (TPSA) is 49.6 Å². The van der Waals surface area contributed by atoms with E-state index >= 15 is 0 Å². The van der Waals surface area contributed by atoms with Gasteiger partial charge < -0.3 is 0 Å². The first-order chi connectivity index (χ1) is 9.27. The van der Waals surface area contributed by atoms with Crippen molar-refractivity contribution in [1.82, 2.24) is 9.97 Å². The molecule has 3 nitrogen and oxygen atoms in total. The summed E-state index contributed by atoms with van der Waals surface area (Å²) in [7, 11) is 0. The second-order valence-corrected chi connectivity index (χ2v) is 5.57. The van der Waals surface area contributed by atoms with Gasteiger partial charge in [-0.15, -0.1) is 11.8 Å². The number of thioether (sulfide) groups is 1. The minimum absolute atomic E-state index is 0.602. The molecule has 0 N–H and O–H groups in total. The summed E-state index contributed by atoms with van der Waals surface area (Å²) in [6, 6.07) is 12.6. The summed E-state index contributed by atoms with van der Waals surface area (Å²) < 4.78 is 0. The lowest BCUT2D eigenvalue weighted by Crippen LogP contribution is -2.27. The Labute approximate surface area is 116 Å². The van der Waals surface area contributed by atoms with Crippen molar-refractivity contribution in [2.24, 2.45) is 0 Å². The van der Waals surface area contributed by atoms with Gasteiger partial charge in [0.2, 0.25) is 0 Å². The summed E-state index contributed by atoms with van der Waals surface area (Å²) in [4.78, 5) is 8.88. The molecule has 1 aliphatic carbocycles. The molecule has 94 valence electrons. The van der Waals surface area contributed by atoms with Gasteiger partial charge in [0.15, 0.2) is 0 Å². The van der Waals surface area contributed by atoms with Crippen molar-refractivity contribution >= 4 is 11.8 Å². The third-order valence-electron chi connectivity index (χ3n) is 3.58. The predicted molar refractivity (Wildman–Crippen MR) is 75.0 cm³/mol. The van der Waals surface area contributed by atoms with Crippen LogP contribution in [-0.4, -0.2) is 16.2 Å². The van der Waals surface area contributed by atoms with E-state index in [2.05, 4.69) is 28.2 Å². The van der Waals surface area contributed by atoms with Crippen molar-refractivity contribution < 1.29 is 0 Å². The highest BCUT2D eigenvalue weighted by Gasteiger charge is 2.41. The molecule has 0 aliphatic heterocycles. The van der Waals surface area contributed by atoms with Crippen LogP contribution in [0.25, 0.3) is 0 Å². The number of aromatic nitrogens is 2. The Morgan fingerprint density at radius 3 is 2.47 bits per heavy atom. The third kappa shape index (κ3) is 2.00. The standard InChI is InChI=1S/C15H13N3S/c1-19-13-6-7-17-14(18-13)15(10-16)8-11-4-2-3-5-12(11)9-15/h2-7H,8-9H2,1H3. The maximum Gasteiger partial charge on any atom is 0.150 e. The van der Waals surface area contributed by atoms with Crippen LogP contribution in [0.2, 0.25) is 0 Å². The molecule has 2 aromatic rings. The Morgan fingerprint density at radius 2 is 1.89 bits per heavy atom. The SMILES string of the molecule is CSc1ccnc(C2(C#N)Cc3ccccc3C2)n1. The van der Waals surface area contributed by atoms with Gasteiger partial charge in [-0.25, -0.2) is 9.97 Å². The number of hydrogen-bond donors (Lipinski definition) is 0. The lowest BCUT2D eigenvalue weighted by Gasteiger charge is -2.18. The van der Waals surface area contributed by atoms with Crippen LogP contribution < -0.4 is 0 Å². The molecule has 0 saturated carbocycles. The second kappa shape index (κ2) is 4.67. The van der Waals surface area contributed by atoms with Crippen LogP contribution in [-0.2, 0) is 18.3 Å². The van der Waals surface area contributed by atoms with Crippen LogP contribution in [0.15, 0.2) is 41.6 Å². The Bertz CT molecular complexity index is 635. The monoisotopic (exact) mass is 267 g/mol. The zero-order valence-corrected chi connectivity index (χ0v) is 11.4. The summed E-state index contributed by atoms with van der Waals surface area (Å²) in [6.45, 7) is 0. The molecule has 0 amide bonds.